The zero-order valence-electron chi connectivity index (χ0n) is 21.8. The largest absolute Gasteiger partial charge is 0.416 e. The number of halogens is 3. The summed E-state index contributed by atoms with van der Waals surface area (Å²) in [5.41, 5.74) is 6.46. The van der Waals surface area contributed by atoms with E-state index in [-0.39, 0.29) is 23.3 Å². The maximum absolute atomic E-state index is 13.3. The number of carbonyl (C=O) groups excluding carboxylic acids is 1. The first-order valence-corrected chi connectivity index (χ1v) is 13.5. The van der Waals surface area contributed by atoms with Crippen LogP contribution in [0.2, 0.25) is 0 Å². The molecule has 4 aromatic rings. The van der Waals surface area contributed by atoms with Crippen LogP contribution < -0.4 is 5.73 Å². The Hall–Kier alpha value is -3.92. The van der Waals surface area contributed by atoms with Crippen LogP contribution in [-0.2, 0) is 16.6 Å². The number of nitrogens with zero attached hydrogens (tertiary/aromatic N) is 4. The highest BCUT2D eigenvalue weighted by molar-refractivity contribution is 5.86. The Morgan fingerprint density at radius 1 is 1.05 bits per heavy atom. The molecule has 3 N–H and O–H groups in total. The van der Waals surface area contributed by atoms with Gasteiger partial charge in [-0.15, -0.1) is 0 Å². The number of alkyl halides is 3. The molecule has 4 heterocycles. The molecule has 1 saturated carbocycles. The maximum atomic E-state index is 13.3. The van der Waals surface area contributed by atoms with Gasteiger partial charge in [-0.25, -0.2) is 9.97 Å². The highest BCUT2D eigenvalue weighted by atomic mass is 19.4. The molecule has 10 heteroatoms. The quantitative estimate of drug-likeness (QED) is 0.376. The van der Waals surface area contributed by atoms with Gasteiger partial charge in [-0.05, 0) is 55.4 Å². The molecule has 5 atom stereocenters. The first-order chi connectivity index (χ1) is 19.0. The molecule has 206 valence electrons. The Morgan fingerprint density at radius 2 is 1.80 bits per heavy atom. The fourth-order valence-corrected chi connectivity index (χ4v) is 6.73. The number of anilines is 1. The third kappa shape index (κ3) is 3.80. The molecular formula is C30H28F3N5O2. The van der Waals surface area contributed by atoms with Crippen LogP contribution in [-0.4, -0.2) is 42.9 Å². The van der Waals surface area contributed by atoms with Crippen molar-refractivity contribution in [3.05, 3.63) is 83.4 Å². The highest BCUT2D eigenvalue weighted by Crippen LogP contribution is 2.54. The van der Waals surface area contributed by atoms with Crippen molar-refractivity contribution < 1.29 is 23.1 Å². The summed E-state index contributed by atoms with van der Waals surface area (Å²) in [6, 6.07) is 12.0. The van der Waals surface area contributed by atoms with E-state index in [2.05, 4.69) is 4.98 Å². The van der Waals surface area contributed by atoms with Crippen molar-refractivity contribution in [3.8, 4) is 11.3 Å². The molecule has 7 nitrogen and oxygen atoms in total. The number of carbonyl (C=O) groups is 1. The number of piperidine rings is 2. The van der Waals surface area contributed by atoms with E-state index < -0.39 is 17.3 Å². The molecule has 1 amide bonds. The summed E-state index contributed by atoms with van der Waals surface area (Å²) >= 11 is 0. The number of hydrogen-bond donors (Lipinski definition) is 2. The average Bonchev–Trinajstić information content (AvgIpc) is 3.57. The normalized spacial score (nSPS) is 25.5. The topological polar surface area (TPSA) is 96.8 Å². The smallest absolute Gasteiger partial charge is 0.382 e. The molecule has 2 saturated heterocycles. The first-order valence-electron chi connectivity index (χ1n) is 13.5. The van der Waals surface area contributed by atoms with Crippen molar-refractivity contribution in [3.63, 3.8) is 0 Å². The van der Waals surface area contributed by atoms with E-state index in [4.69, 9.17) is 10.7 Å². The number of nitrogen functional groups attached to an aromatic ring is 1. The fourth-order valence-electron chi connectivity index (χ4n) is 6.73. The van der Waals surface area contributed by atoms with E-state index in [1.165, 1.54) is 19.1 Å². The molecule has 2 aromatic heterocycles. The number of imidazole rings is 1. The molecule has 3 aliphatic rings. The standard InChI is InChI=1S/C30H28F3N5O2/c1-29(40,19-3-2-4-20(13-19)30(31,32)33)18-8-5-16(6-9-18)24-25-26(34)35-11-12-37(25)27(36-24)17-7-10-23-21-14-22(21)28(39)38(23)15-17/h2-6,8-9,11-13,17,21-23,40H,7,10,14-15H2,1H3,(H2,34,35)/t17?,21?,22?,23?,29-/m1/s1. The molecular weight excluding hydrogens is 519 g/mol. The number of aliphatic hydroxyl groups is 1. The lowest BCUT2D eigenvalue weighted by Gasteiger charge is -2.36. The Balaban J connectivity index is 1.23. The lowest BCUT2D eigenvalue weighted by atomic mass is 9.87. The molecule has 1 aliphatic carbocycles. The minimum atomic E-state index is -4.51. The predicted molar refractivity (Wildman–Crippen MR) is 142 cm³/mol. The summed E-state index contributed by atoms with van der Waals surface area (Å²) in [5, 5.41) is 11.3. The van der Waals surface area contributed by atoms with Crippen molar-refractivity contribution in [2.45, 2.75) is 49.9 Å². The van der Waals surface area contributed by atoms with Gasteiger partial charge in [-0.1, -0.05) is 36.4 Å². The van der Waals surface area contributed by atoms with Crippen molar-refractivity contribution in [1.29, 1.82) is 0 Å². The summed E-state index contributed by atoms with van der Waals surface area (Å²) in [4.78, 5) is 24.1. The van der Waals surface area contributed by atoms with Gasteiger partial charge in [0.25, 0.3) is 0 Å². The summed E-state index contributed by atoms with van der Waals surface area (Å²) in [6.07, 6.45) is 1.87. The number of benzene rings is 2. The van der Waals surface area contributed by atoms with Crippen molar-refractivity contribution in [1.82, 2.24) is 19.3 Å². The first kappa shape index (κ1) is 25.1. The number of fused-ring (bicyclic) bond motifs is 4. The molecule has 3 fully saturated rings. The van der Waals surface area contributed by atoms with E-state index in [1.807, 2.05) is 15.5 Å². The third-order valence-electron chi connectivity index (χ3n) is 9.01. The average molecular weight is 548 g/mol. The van der Waals surface area contributed by atoms with Crippen LogP contribution in [0, 0.1) is 11.8 Å². The zero-order chi connectivity index (χ0) is 28.0. The highest BCUT2D eigenvalue weighted by Gasteiger charge is 2.59. The van der Waals surface area contributed by atoms with Crippen molar-refractivity contribution in [2.75, 3.05) is 12.3 Å². The molecule has 4 unspecified atom stereocenters. The van der Waals surface area contributed by atoms with Gasteiger partial charge in [0.1, 0.15) is 28.5 Å². The molecule has 40 heavy (non-hydrogen) atoms. The SMILES string of the molecule is C[C@@](O)(c1ccc(-c2nc(C3CCC4C5CC5C(=O)N4C3)n3ccnc(N)c23)cc1)c1cccc(C(F)(F)F)c1. The van der Waals surface area contributed by atoms with E-state index >= 15 is 0 Å². The monoisotopic (exact) mass is 547 g/mol. The lowest BCUT2D eigenvalue weighted by Crippen LogP contribution is -2.43. The van der Waals surface area contributed by atoms with Gasteiger partial charge < -0.3 is 15.7 Å². The van der Waals surface area contributed by atoms with Gasteiger partial charge in [0.05, 0.1) is 5.56 Å². The zero-order valence-corrected chi connectivity index (χ0v) is 21.8. The number of aromatic nitrogens is 3. The predicted octanol–water partition coefficient (Wildman–Crippen LogP) is 4.98. The molecule has 2 aliphatic heterocycles. The molecule has 0 spiro atoms. The van der Waals surface area contributed by atoms with Crippen LogP contribution in [0.15, 0.2) is 60.9 Å². The van der Waals surface area contributed by atoms with Crippen LogP contribution in [0.5, 0.6) is 0 Å². The van der Waals surface area contributed by atoms with Crippen LogP contribution in [0.4, 0.5) is 19.0 Å². The van der Waals surface area contributed by atoms with Crippen LogP contribution in [0.1, 0.15) is 54.6 Å². The van der Waals surface area contributed by atoms with Crippen LogP contribution in [0.25, 0.3) is 16.8 Å². The van der Waals surface area contributed by atoms with E-state index in [9.17, 15) is 23.1 Å². The number of hydrogen-bond acceptors (Lipinski definition) is 5. The van der Waals surface area contributed by atoms with Gasteiger partial charge in [-0.3, -0.25) is 9.20 Å². The number of amides is 1. The van der Waals surface area contributed by atoms with E-state index in [0.717, 1.165) is 42.8 Å². The molecule has 0 radical (unpaired) electrons. The van der Waals surface area contributed by atoms with E-state index in [0.29, 0.717) is 41.1 Å². The minimum Gasteiger partial charge on any atom is -0.382 e. The number of rotatable bonds is 4. The Morgan fingerprint density at radius 3 is 2.55 bits per heavy atom. The summed E-state index contributed by atoms with van der Waals surface area (Å²) in [7, 11) is 0. The molecule has 7 rings (SSSR count). The second-order valence-electron chi connectivity index (χ2n) is 11.4. The van der Waals surface area contributed by atoms with E-state index in [1.54, 1.807) is 30.5 Å². The minimum absolute atomic E-state index is 0.0571. The van der Waals surface area contributed by atoms with Gasteiger partial charge in [0, 0.05) is 42.4 Å². The summed E-state index contributed by atoms with van der Waals surface area (Å²) in [6.45, 7) is 2.11. The summed E-state index contributed by atoms with van der Waals surface area (Å²) < 4.78 is 41.8. The fraction of sp³-hybridized carbons (Fsp3) is 0.367. The van der Waals surface area contributed by atoms with Crippen LogP contribution in [0.3, 0.4) is 0 Å². The second-order valence-corrected chi connectivity index (χ2v) is 11.4. The number of nitrogens with two attached hydrogens (primary N) is 1. The maximum Gasteiger partial charge on any atom is 0.416 e. The van der Waals surface area contributed by atoms with Gasteiger partial charge in [-0.2, -0.15) is 13.2 Å². The second kappa shape index (κ2) is 8.54. The van der Waals surface area contributed by atoms with Crippen LogP contribution >= 0.6 is 0 Å². The van der Waals surface area contributed by atoms with Gasteiger partial charge in [0.15, 0.2) is 0 Å². The lowest BCUT2D eigenvalue weighted by molar-refractivity contribution is -0.137. The Bertz CT molecular complexity index is 1650. The molecule has 0 bridgehead atoms. The van der Waals surface area contributed by atoms with Gasteiger partial charge in [0.2, 0.25) is 5.91 Å². The Kier molecular flexibility index (Phi) is 5.35. The van der Waals surface area contributed by atoms with Gasteiger partial charge >= 0.3 is 6.18 Å². The third-order valence-corrected chi connectivity index (χ3v) is 9.01. The van der Waals surface area contributed by atoms with Crippen molar-refractivity contribution in [2.24, 2.45) is 11.8 Å². The molecule has 2 aromatic carbocycles. The van der Waals surface area contributed by atoms with Crippen molar-refractivity contribution >= 4 is 17.2 Å². The summed E-state index contributed by atoms with van der Waals surface area (Å²) in [5.74, 6) is 2.21. The Labute approximate surface area is 228 Å².